The predicted octanol–water partition coefficient (Wildman–Crippen LogP) is 1.29. The molecule has 0 saturated carbocycles. The molecule has 0 aromatic carbocycles. The van der Waals surface area contributed by atoms with E-state index in [9.17, 15) is 23.1 Å². The van der Waals surface area contributed by atoms with Crippen LogP contribution in [0.4, 0.5) is 0 Å². The van der Waals surface area contributed by atoms with Gasteiger partial charge in [0.2, 0.25) is 15.9 Å². The number of unbranched alkanes of at least 4 members (excludes halogenated alkanes) is 1. The Morgan fingerprint density at radius 3 is 2.36 bits per heavy atom. The summed E-state index contributed by atoms with van der Waals surface area (Å²) in [4.78, 5) is 24.2. The largest absolute Gasteiger partial charge is 0.480 e. The summed E-state index contributed by atoms with van der Waals surface area (Å²) in [5.41, 5.74) is -1.16. The molecule has 2 aliphatic heterocycles. The van der Waals surface area contributed by atoms with E-state index in [2.05, 4.69) is 5.32 Å². The van der Waals surface area contributed by atoms with E-state index < -0.39 is 21.5 Å². The second-order valence-corrected chi connectivity index (χ2v) is 10.1. The summed E-state index contributed by atoms with van der Waals surface area (Å²) in [7, 11) is -3.24. The van der Waals surface area contributed by atoms with Gasteiger partial charge in [0.25, 0.3) is 0 Å². The maximum Gasteiger partial charge on any atom is 0.329 e. The Morgan fingerprint density at radius 1 is 1.24 bits per heavy atom. The zero-order valence-electron chi connectivity index (χ0n) is 14.7. The monoisotopic (exact) mass is 392 g/mol. The molecule has 144 valence electrons. The average Bonchev–Trinajstić information content (AvgIpc) is 2.61. The predicted molar refractivity (Wildman–Crippen MR) is 98.1 cm³/mol. The van der Waals surface area contributed by atoms with Crippen molar-refractivity contribution in [3.63, 3.8) is 0 Å². The highest BCUT2D eigenvalue weighted by molar-refractivity contribution is 7.99. The van der Waals surface area contributed by atoms with Gasteiger partial charge in [-0.2, -0.15) is 11.8 Å². The Labute approximate surface area is 154 Å². The van der Waals surface area contributed by atoms with Crippen LogP contribution in [0.2, 0.25) is 0 Å². The SMILES string of the molecule is CCCCS(=O)(=O)N1CCC(C(=O)NC2(C(=O)O)CCSCC2)CC1. The molecule has 0 bridgehead atoms. The molecule has 0 aromatic heterocycles. The second kappa shape index (κ2) is 8.73. The first-order valence-electron chi connectivity index (χ1n) is 8.92. The van der Waals surface area contributed by atoms with Gasteiger partial charge in [0.1, 0.15) is 5.54 Å². The zero-order valence-corrected chi connectivity index (χ0v) is 16.3. The van der Waals surface area contributed by atoms with E-state index in [1.54, 1.807) is 11.8 Å². The molecular formula is C16H28N2O5S2. The van der Waals surface area contributed by atoms with Crippen LogP contribution in [0, 0.1) is 5.92 Å². The topological polar surface area (TPSA) is 104 Å². The number of carbonyl (C=O) groups is 2. The lowest BCUT2D eigenvalue weighted by Gasteiger charge is -2.36. The van der Waals surface area contributed by atoms with Crippen molar-refractivity contribution >= 4 is 33.7 Å². The highest BCUT2D eigenvalue weighted by atomic mass is 32.2. The lowest BCUT2D eigenvalue weighted by atomic mass is 9.89. The molecule has 0 unspecified atom stereocenters. The molecule has 0 aromatic rings. The third kappa shape index (κ3) is 5.10. The van der Waals surface area contributed by atoms with Gasteiger partial charge in [0.15, 0.2) is 0 Å². The summed E-state index contributed by atoms with van der Waals surface area (Å²) >= 11 is 1.70. The minimum absolute atomic E-state index is 0.153. The minimum atomic E-state index is -3.24. The van der Waals surface area contributed by atoms with E-state index in [-0.39, 0.29) is 17.6 Å². The number of amides is 1. The van der Waals surface area contributed by atoms with Gasteiger partial charge in [-0.15, -0.1) is 0 Å². The van der Waals surface area contributed by atoms with E-state index in [0.717, 1.165) is 17.9 Å². The van der Waals surface area contributed by atoms with Crippen LogP contribution in [0.3, 0.4) is 0 Å². The lowest BCUT2D eigenvalue weighted by Crippen LogP contribution is -2.58. The Balaban J connectivity index is 1.91. The Hall–Kier alpha value is -0.800. The molecule has 7 nitrogen and oxygen atoms in total. The molecule has 2 aliphatic rings. The van der Waals surface area contributed by atoms with Gasteiger partial charge in [0.05, 0.1) is 5.75 Å². The van der Waals surface area contributed by atoms with Gasteiger partial charge in [-0.05, 0) is 43.6 Å². The summed E-state index contributed by atoms with van der Waals surface area (Å²) in [6.07, 6.45) is 3.23. The number of nitrogens with zero attached hydrogens (tertiary/aromatic N) is 1. The van der Waals surface area contributed by atoms with Gasteiger partial charge in [-0.1, -0.05) is 13.3 Å². The molecule has 0 spiro atoms. The van der Waals surface area contributed by atoms with E-state index in [1.807, 2.05) is 6.92 Å². The van der Waals surface area contributed by atoms with Crippen molar-refractivity contribution in [2.45, 2.75) is 51.0 Å². The first-order valence-corrected chi connectivity index (χ1v) is 11.7. The summed E-state index contributed by atoms with van der Waals surface area (Å²) < 4.78 is 25.9. The fourth-order valence-electron chi connectivity index (χ4n) is 3.30. The van der Waals surface area contributed by atoms with Gasteiger partial charge >= 0.3 is 5.97 Å². The van der Waals surface area contributed by atoms with Crippen molar-refractivity contribution in [1.29, 1.82) is 0 Å². The highest BCUT2D eigenvalue weighted by Crippen LogP contribution is 2.29. The number of aliphatic carboxylic acids is 1. The number of thioether (sulfide) groups is 1. The summed E-state index contributed by atoms with van der Waals surface area (Å²) in [5, 5.41) is 12.3. The Kier molecular flexibility index (Phi) is 7.16. The van der Waals surface area contributed by atoms with Crippen LogP contribution in [0.5, 0.6) is 0 Å². The third-order valence-corrected chi connectivity index (χ3v) is 8.03. The molecule has 2 heterocycles. The normalized spacial score (nSPS) is 22.4. The van der Waals surface area contributed by atoms with Gasteiger partial charge in [-0.25, -0.2) is 17.5 Å². The third-order valence-electron chi connectivity index (χ3n) is 5.09. The van der Waals surface area contributed by atoms with Crippen LogP contribution in [0.15, 0.2) is 0 Å². The van der Waals surface area contributed by atoms with E-state index in [1.165, 1.54) is 4.31 Å². The van der Waals surface area contributed by atoms with Crippen LogP contribution >= 0.6 is 11.8 Å². The smallest absolute Gasteiger partial charge is 0.329 e. The number of nitrogens with one attached hydrogen (secondary N) is 1. The molecule has 0 aliphatic carbocycles. The number of rotatable bonds is 7. The summed E-state index contributed by atoms with van der Waals surface area (Å²) in [5.74, 6) is 0.0609. The fraction of sp³-hybridized carbons (Fsp3) is 0.875. The molecule has 0 atom stereocenters. The van der Waals surface area contributed by atoms with E-state index in [4.69, 9.17) is 0 Å². The van der Waals surface area contributed by atoms with E-state index >= 15 is 0 Å². The minimum Gasteiger partial charge on any atom is -0.480 e. The molecular weight excluding hydrogens is 364 g/mol. The summed E-state index contributed by atoms with van der Waals surface area (Å²) in [6.45, 7) is 2.62. The second-order valence-electron chi connectivity index (χ2n) is 6.83. The van der Waals surface area contributed by atoms with Crippen LogP contribution in [0.1, 0.15) is 45.4 Å². The molecule has 2 N–H and O–H groups in total. The maximum atomic E-state index is 12.6. The Morgan fingerprint density at radius 2 is 1.84 bits per heavy atom. The number of carbonyl (C=O) groups excluding carboxylic acids is 1. The molecule has 2 rings (SSSR count). The standard InChI is InChI=1S/C16H28N2O5S2/c1-2-3-12-25(22,23)18-8-4-13(5-9-18)14(19)17-16(15(20)21)6-10-24-11-7-16/h13H,2-12H2,1H3,(H,17,19)(H,20,21). The molecule has 0 radical (unpaired) electrons. The van der Waals surface area contributed by atoms with Crippen LogP contribution in [0.25, 0.3) is 0 Å². The molecule has 2 fully saturated rings. The quantitative estimate of drug-likeness (QED) is 0.677. The number of carboxylic acids is 1. The summed E-state index contributed by atoms with van der Waals surface area (Å²) in [6, 6.07) is 0. The number of hydrogen-bond acceptors (Lipinski definition) is 5. The zero-order chi connectivity index (χ0) is 18.5. The van der Waals surface area contributed by atoms with Gasteiger partial charge in [-0.3, -0.25) is 4.79 Å². The van der Waals surface area contributed by atoms with Crippen LogP contribution in [-0.2, 0) is 19.6 Å². The van der Waals surface area contributed by atoms with Crippen LogP contribution < -0.4 is 5.32 Å². The van der Waals surface area contributed by atoms with Gasteiger partial charge in [0, 0.05) is 19.0 Å². The molecule has 1 amide bonds. The maximum absolute atomic E-state index is 12.6. The van der Waals surface area contributed by atoms with Gasteiger partial charge < -0.3 is 10.4 Å². The first kappa shape index (κ1) is 20.5. The van der Waals surface area contributed by atoms with Crippen molar-refractivity contribution in [3.05, 3.63) is 0 Å². The van der Waals surface area contributed by atoms with Crippen molar-refractivity contribution in [2.24, 2.45) is 5.92 Å². The first-order chi connectivity index (χ1) is 11.8. The number of piperidine rings is 1. The van der Waals surface area contributed by atoms with Crippen molar-refractivity contribution in [3.8, 4) is 0 Å². The lowest BCUT2D eigenvalue weighted by molar-refractivity contribution is -0.149. The van der Waals surface area contributed by atoms with Crippen LogP contribution in [-0.4, -0.2) is 65.6 Å². The number of sulfonamides is 1. The Bertz CT molecular complexity index is 579. The molecule has 25 heavy (non-hydrogen) atoms. The fourth-order valence-corrected chi connectivity index (χ4v) is 6.17. The van der Waals surface area contributed by atoms with Crippen molar-refractivity contribution in [2.75, 3.05) is 30.3 Å². The molecule has 2 saturated heterocycles. The highest BCUT2D eigenvalue weighted by Gasteiger charge is 2.43. The molecule has 9 heteroatoms. The number of carboxylic acid groups (broad SMARTS) is 1. The average molecular weight is 393 g/mol. The van der Waals surface area contributed by atoms with E-state index in [0.29, 0.717) is 45.2 Å². The van der Waals surface area contributed by atoms with Crippen molar-refractivity contribution in [1.82, 2.24) is 9.62 Å². The van der Waals surface area contributed by atoms with Crippen molar-refractivity contribution < 1.29 is 23.1 Å². The number of hydrogen-bond donors (Lipinski definition) is 2.